The van der Waals surface area contributed by atoms with E-state index in [9.17, 15) is 0 Å². The van der Waals surface area contributed by atoms with E-state index in [-0.39, 0.29) is 5.41 Å². The zero-order valence-corrected chi connectivity index (χ0v) is 33.5. The normalized spacial score (nSPS) is 16.9. The number of hydrogen-bond acceptors (Lipinski definition) is 1. The van der Waals surface area contributed by atoms with E-state index in [1.807, 2.05) is 0 Å². The average molecular weight is 741 g/mol. The highest BCUT2D eigenvalue weighted by Crippen LogP contribution is 2.53. The molecule has 1 heterocycles. The molecule has 0 saturated heterocycles. The Morgan fingerprint density at radius 1 is 0.491 bits per heavy atom. The van der Waals surface area contributed by atoms with Crippen LogP contribution >= 0.6 is 0 Å². The number of fused-ring (bicyclic) bond motifs is 7. The summed E-state index contributed by atoms with van der Waals surface area (Å²) >= 11 is 0. The lowest BCUT2D eigenvalue weighted by molar-refractivity contribution is 0.444. The van der Waals surface area contributed by atoms with Gasteiger partial charge in [-0.25, -0.2) is 0 Å². The number of nitrogens with zero attached hydrogens (tertiary/aromatic N) is 2. The fourth-order valence-electron chi connectivity index (χ4n) is 11.2. The monoisotopic (exact) mass is 740 g/mol. The van der Waals surface area contributed by atoms with Crippen molar-refractivity contribution in [2.45, 2.75) is 95.3 Å². The lowest BCUT2D eigenvalue weighted by Gasteiger charge is -2.34. The van der Waals surface area contributed by atoms with Gasteiger partial charge in [-0.15, -0.1) is 0 Å². The van der Waals surface area contributed by atoms with Crippen molar-refractivity contribution in [3.8, 4) is 16.8 Å². The molecule has 0 unspecified atom stereocenters. The Bertz CT molecular complexity index is 2790. The Hall–Kier alpha value is -5.60. The molecule has 2 fully saturated rings. The van der Waals surface area contributed by atoms with E-state index < -0.39 is 0 Å². The van der Waals surface area contributed by atoms with Crippen molar-refractivity contribution < 1.29 is 0 Å². The fourth-order valence-corrected chi connectivity index (χ4v) is 11.2. The molecule has 8 aromatic rings. The van der Waals surface area contributed by atoms with Crippen LogP contribution in [0.15, 0.2) is 146 Å². The third-order valence-corrected chi connectivity index (χ3v) is 14.1. The highest BCUT2D eigenvalue weighted by atomic mass is 15.1. The van der Waals surface area contributed by atoms with Gasteiger partial charge in [0.2, 0.25) is 0 Å². The smallest absolute Gasteiger partial charge is 0.0574 e. The van der Waals surface area contributed by atoms with Crippen LogP contribution in [0.4, 0.5) is 17.1 Å². The van der Waals surface area contributed by atoms with Crippen LogP contribution in [0.2, 0.25) is 0 Å². The van der Waals surface area contributed by atoms with Crippen LogP contribution in [0.25, 0.3) is 49.4 Å². The summed E-state index contributed by atoms with van der Waals surface area (Å²) in [4.78, 5) is 2.64. The van der Waals surface area contributed by atoms with Gasteiger partial charge in [0.05, 0.1) is 16.7 Å². The molecule has 2 heteroatoms. The van der Waals surface area contributed by atoms with Gasteiger partial charge in [-0.2, -0.15) is 0 Å². The van der Waals surface area contributed by atoms with E-state index >= 15 is 0 Å². The van der Waals surface area contributed by atoms with Crippen molar-refractivity contribution in [2.24, 2.45) is 0 Å². The summed E-state index contributed by atoms with van der Waals surface area (Å²) in [5.74, 6) is 1.19. The van der Waals surface area contributed by atoms with Crippen molar-refractivity contribution in [3.63, 3.8) is 0 Å². The predicted molar refractivity (Wildman–Crippen MR) is 242 cm³/mol. The van der Waals surface area contributed by atoms with Crippen LogP contribution in [0.5, 0.6) is 0 Å². The number of aromatic nitrogens is 1. The molecule has 3 aliphatic carbocycles. The van der Waals surface area contributed by atoms with Gasteiger partial charge in [-0.1, -0.05) is 156 Å². The minimum Gasteiger partial charge on any atom is -0.309 e. The second-order valence-corrected chi connectivity index (χ2v) is 17.8. The summed E-state index contributed by atoms with van der Waals surface area (Å²) in [6.07, 6.45) is 13.1. The number of rotatable bonds is 6. The van der Waals surface area contributed by atoms with E-state index in [0.29, 0.717) is 11.8 Å². The van der Waals surface area contributed by atoms with Crippen LogP contribution in [0, 0.1) is 0 Å². The molecule has 2 saturated carbocycles. The summed E-state index contributed by atoms with van der Waals surface area (Å²) in [6, 6.07) is 56.1. The van der Waals surface area contributed by atoms with Crippen molar-refractivity contribution >= 4 is 49.6 Å². The van der Waals surface area contributed by atoms with Crippen molar-refractivity contribution in [1.82, 2.24) is 4.57 Å². The first-order valence-electron chi connectivity index (χ1n) is 21.7. The van der Waals surface area contributed by atoms with E-state index in [4.69, 9.17) is 0 Å². The van der Waals surface area contributed by atoms with E-state index in [0.717, 1.165) is 0 Å². The first-order chi connectivity index (χ1) is 28.0. The standard InChI is InChI=1S/C55H52N2/c1-55(2)50-25-15-14-24-46(50)47-32-28-42(35-51(47)55)56(54-44-23-13-12-20-39(44)26-30-45(54)38-18-8-4-9-19-38)43-29-33-49-48-31-27-40(37-16-6-3-7-17-37)34-52(48)57(53(49)36-43)41-21-10-5-11-22-41/h5,10-15,20-38H,3-4,6-9,16-19H2,1-2H3. The molecule has 0 atom stereocenters. The van der Waals surface area contributed by atoms with Crippen molar-refractivity contribution in [2.75, 3.05) is 4.90 Å². The zero-order valence-electron chi connectivity index (χ0n) is 33.5. The van der Waals surface area contributed by atoms with Gasteiger partial charge in [0.15, 0.2) is 0 Å². The number of benzene rings is 7. The maximum atomic E-state index is 2.64. The highest BCUT2D eigenvalue weighted by Gasteiger charge is 2.36. The van der Waals surface area contributed by atoms with Gasteiger partial charge >= 0.3 is 0 Å². The summed E-state index contributed by atoms with van der Waals surface area (Å²) in [5.41, 5.74) is 16.0. The summed E-state index contributed by atoms with van der Waals surface area (Å²) in [5, 5.41) is 5.26. The Kier molecular flexibility index (Phi) is 8.39. The fraction of sp³-hybridized carbons (Fsp3) is 0.273. The van der Waals surface area contributed by atoms with Crippen LogP contribution in [0.3, 0.4) is 0 Å². The number of para-hydroxylation sites is 1. The van der Waals surface area contributed by atoms with Crippen molar-refractivity contribution in [1.29, 1.82) is 0 Å². The molecule has 0 aliphatic heterocycles. The molecule has 0 amide bonds. The van der Waals surface area contributed by atoms with E-state index in [1.54, 1.807) is 0 Å². The first kappa shape index (κ1) is 34.6. The minimum absolute atomic E-state index is 0.0989. The average Bonchev–Trinajstić information content (AvgIpc) is 3.72. The van der Waals surface area contributed by atoms with Gasteiger partial charge in [-0.05, 0) is 119 Å². The third-order valence-electron chi connectivity index (χ3n) is 14.1. The molecule has 1 aromatic heterocycles. The second-order valence-electron chi connectivity index (χ2n) is 17.8. The van der Waals surface area contributed by atoms with E-state index in [1.165, 1.54) is 153 Å². The van der Waals surface area contributed by atoms with Gasteiger partial charge < -0.3 is 9.47 Å². The molecule has 0 spiro atoms. The van der Waals surface area contributed by atoms with Crippen LogP contribution in [0.1, 0.15) is 112 Å². The SMILES string of the molecule is CC1(C)c2ccccc2-c2ccc(N(c3ccc4c5ccc(C6CCCCC6)cc5n(-c5ccccc5)c4c3)c3c(C4CCCCC4)ccc4ccccc34)cc21. The molecule has 0 bridgehead atoms. The molecule has 57 heavy (non-hydrogen) atoms. The molecule has 0 radical (unpaired) electrons. The Morgan fingerprint density at radius 2 is 1.12 bits per heavy atom. The molecule has 0 N–H and O–H groups in total. The maximum absolute atomic E-state index is 2.64. The van der Waals surface area contributed by atoms with Gasteiger partial charge in [-0.3, -0.25) is 0 Å². The molecule has 11 rings (SSSR count). The molecular weight excluding hydrogens is 689 g/mol. The molecule has 282 valence electrons. The number of anilines is 3. The van der Waals surface area contributed by atoms with Crippen LogP contribution < -0.4 is 4.90 Å². The Labute approximate surface area is 337 Å². The quantitative estimate of drug-likeness (QED) is 0.165. The van der Waals surface area contributed by atoms with Gasteiger partial charge in [0.25, 0.3) is 0 Å². The molecule has 7 aromatic carbocycles. The Balaban J connectivity index is 1.19. The zero-order chi connectivity index (χ0) is 38.1. The highest BCUT2D eigenvalue weighted by molar-refractivity contribution is 6.11. The summed E-state index contributed by atoms with van der Waals surface area (Å²) in [6.45, 7) is 4.81. The Morgan fingerprint density at radius 3 is 1.93 bits per heavy atom. The maximum Gasteiger partial charge on any atom is 0.0574 e. The van der Waals surface area contributed by atoms with Crippen molar-refractivity contribution in [3.05, 3.63) is 168 Å². The lowest BCUT2D eigenvalue weighted by atomic mass is 9.81. The summed E-state index contributed by atoms with van der Waals surface area (Å²) < 4.78 is 2.55. The first-order valence-corrected chi connectivity index (χ1v) is 21.7. The van der Waals surface area contributed by atoms with Gasteiger partial charge in [0, 0.05) is 38.6 Å². The second kappa shape index (κ2) is 13.8. The predicted octanol–water partition coefficient (Wildman–Crippen LogP) is 15.8. The van der Waals surface area contributed by atoms with E-state index in [2.05, 4.69) is 169 Å². The third kappa shape index (κ3) is 5.66. The van der Waals surface area contributed by atoms with Crippen LogP contribution in [-0.2, 0) is 5.41 Å². The lowest BCUT2D eigenvalue weighted by Crippen LogP contribution is -2.18. The molecule has 3 aliphatic rings. The summed E-state index contributed by atoms with van der Waals surface area (Å²) in [7, 11) is 0. The minimum atomic E-state index is -0.0989. The van der Waals surface area contributed by atoms with Gasteiger partial charge in [0.1, 0.15) is 0 Å². The largest absolute Gasteiger partial charge is 0.309 e. The van der Waals surface area contributed by atoms with Crippen LogP contribution in [-0.4, -0.2) is 4.57 Å². The number of hydrogen-bond donors (Lipinski definition) is 0. The molecule has 2 nitrogen and oxygen atoms in total. The topological polar surface area (TPSA) is 8.17 Å². The molecular formula is C55H52N2.